The van der Waals surface area contributed by atoms with Gasteiger partial charge in [0, 0.05) is 22.5 Å². The highest BCUT2D eigenvalue weighted by Crippen LogP contribution is 2.55. The fourth-order valence-electron chi connectivity index (χ4n) is 6.58. The number of nitriles is 1. The van der Waals surface area contributed by atoms with Gasteiger partial charge < -0.3 is 15.0 Å². The number of hydrogen-bond acceptors (Lipinski definition) is 9. The van der Waals surface area contributed by atoms with E-state index in [1.54, 1.807) is 6.07 Å². The maximum Gasteiger partial charge on any atom is 0.218 e. The lowest BCUT2D eigenvalue weighted by atomic mass is 9.63. The molecule has 188 valence electrons. The predicted molar refractivity (Wildman–Crippen MR) is 138 cm³/mol. The van der Waals surface area contributed by atoms with Crippen LogP contribution < -0.4 is 10.5 Å². The first kappa shape index (κ1) is 23.7. The minimum Gasteiger partial charge on any atom is -0.473 e. The van der Waals surface area contributed by atoms with Gasteiger partial charge in [-0.15, -0.1) is 11.3 Å². The van der Waals surface area contributed by atoms with Crippen molar-refractivity contribution in [1.29, 1.82) is 5.26 Å². The van der Waals surface area contributed by atoms with Gasteiger partial charge in [-0.05, 0) is 77.4 Å². The minimum atomic E-state index is -0.384. The summed E-state index contributed by atoms with van der Waals surface area (Å²) in [6.45, 7) is 3.15. The van der Waals surface area contributed by atoms with Crippen LogP contribution in [0.3, 0.4) is 0 Å². The molecule has 3 atom stereocenters. The van der Waals surface area contributed by atoms with Crippen molar-refractivity contribution in [2.75, 3.05) is 19.3 Å². The molecule has 0 bridgehead atoms. The Morgan fingerprint density at radius 2 is 2.11 bits per heavy atom. The van der Waals surface area contributed by atoms with Gasteiger partial charge in [0.2, 0.25) is 5.88 Å². The van der Waals surface area contributed by atoms with E-state index in [-0.39, 0.29) is 11.5 Å². The quantitative estimate of drug-likeness (QED) is 0.468. The molecule has 3 aromatic rings. The van der Waals surface area contributed by atoms with Gasteiger partial charge in [-0.3, -0.25) is 4.90 Å². The van der Waals surface area contributed by atoms with Gasteiger partial charge in [-0.1, -0.05) is 16.8 Å². The number of likely N-dealkylation sites (N-methyl/N-ethyl adjacent to an activating group) is 1. The highest BCUT2D eigenvalue weighted by Gasteiger charge is 2.48. The Labute approximate surface area is 219 Å². The molecule has 3 aromatic heterocycles. The smallest absolute Gasteiger partial charge is 0.218 e. The first-order valence-corrected chi connectivity index (χ1v) is 13.8. The summed E-state index contributed by atoms with van der Waals surface area (Å²) >= 11 is 7.96. The summed E-state index contributed by atoms with van der Waals surface area (Å²) in [6, 6.07) is 4.37. The van der Waals surface area contributed by atoms with Crippen LogP contribution in [0.15, 0.2) is 10.6 Å². The molecule has 2 aliphatic carbocycles. The fourth-order valence-corrected chi connectivity index (χ4v) is 7.91. The average Bonchev–Trinajstić information content (AvgIpc) is 3.56. The zero-order chi connectivity index (χ0) is 25.0. The third-order valence-electron chi connectivity index (χ3n) is 8.17. The molecule has 2 N–H and O–H groups in total. The van der Waals surface area contributed by atoms with Crippen LogP contribution in [0.2, 0.25) is 5.15 Å². The van der Waals surface area contributed by atoms with E-state index < -0.39 is 0 Å². The van der Waals surface area contributed by atoms with E-state index in [0.717, 1.165) is 68.4 Å². The van der Waals surface area contributed by atoms with E-state index in [9.17, 15) is 5.26 Å². The predicted octanol–water partition coefficient (Wildman–Crippen LogP) is 5.12. The number of likely N-dealkylation sites (tertiary alicyclic amines) is 1. The molecule has 0 radical (unpaired) electrons. The fraction of sp³-hybridized carbons (Fsp3) is 0.538. The standard InChI is InChI=1S/C26H29ClN6O2S/c1-14(17-7-5-11-33(17)2)34-20-12-19(27)30-25(31-20)22-15-6-3-9-26(23(15)35-32-22)10-4-8-18-21(26)16(13-28)24(29)36-18/h12,14,17H,3-11,29H2,1-2H3/t14-,17-,26?/m0/s1. The highest BCUT2D eigenvalue weighted by atomic mass is 35.5. The molecule has 4 heterocycles. The van der Waals surface area contributed by atoms with Crippen LogP contribution in [0.5, 0.6) is 5.88 Å². The lowest BCUT2D eigenvalue weighted by Gasteiger charge is -2.39. The SMILES string of the molecule is C[C@H](Oc1cc(Cl)nc(-c2noc3c2CCCC32CCCc3sc(N)c(C#N)c32)n1)[C@@H]1CCCN1C. The number of aromatic nitrogens is 3. The second-order valence-corrected chi connectivity index (χ2v) is 11.8. The number of halogens is 1. The molecule has 0 saturated carbocycles. The maximum atomic E-state index is 9.92. The summed E-state index contributed by atoms with van der Waals surface area (Å²) in [5.74, 6) is 1.68. The Morgan fingerprint density at radius 1 is 1.31 bits per heavy atom. The molecular weight excluding hydrogens is 496 g/mol. The molecule has 1 saturated heterocycles. The van der Waals surface area contributed by atoms with Crippen molar-refractivity contribution in [3.05, 3.63) is 38.5 Å². The van der Waals surface area contributed by atoms with Gasteiger partial charge in [0.25, 0.3) is 0 Å². The molecule has 10 heteroatoms. The summed E-state index contributed by atoms with van der Waals surface area (Å²) in [5.41, 5.74) is 9.13. The Balaban J connectivity index is 1.39. The maximum absolute atomic E-state index is 9.92. The summed E-state index contributed by atoms with van der Waals surface area (Å²) in [5, 5.41) is 15.3. The van der Waals surface area contributed by atoms with Gasteiger partial charge in [0.05, 0.1) is 11.0 Å². The van der Waals surface area contributed by atoms with Crippen LogP contribution in [-0.2, 0) is 18.3 Å². The van der Waals surface area contributed by atoms with Gasteiger partial charge >= 0.3 is 0 Å². The number of aryl methyl sites for hydroxylation is 1. The zero-order valence-corrected chi connectivity index (χ0v) is 22.1. The van der Waals surface area contributed by atoms with Crippen molar-refractivity contribution < 1.29 is 9.26 Å². The third-order valence-corrected chi connectivity index (χ3v) is 9.44. The van der Waals surface area contributed by atoms with Crippen LogP contribution >= 0.6 is 22.9 Å². The van der Waals surface area contributed by atoms with Crippen molar-refractivity contribution in [3.63, 3.8) is 0 Å². The molecule has 1 aliphatic heterocycles. The van der Waals surface area contributed by atoms with Crippen LogP contribution in [-0.4, -0.2) is 45.8 Å². The van der Waals surface area contributed by atoms with E-state index in [1.165, 1.54) is 22.6 Å². The Kier molecular flexibility index (Phi) is 5.94. The molecule has 8 nitrogen and oxygen atoms in total. The van der Waals surface area contributed by atoms with Gasteiger partial charge in [0.1, 0.15) is 22.3 Å². The molecule has 3 aliphatic rings. The normalized spacial score (nSPS) is 24.3. The van der Waals surface area contributed by atoms with E-state index in [4.69, 9.17) is 31.6 Å². The van der Waals surface area contributed by atoms with Crippen molar-refractivity contribution >= 4 is 27.9 Å². The summed E-state index contributed by atoms with van der Waals surface area (Å²) in [4.78, 5) is 12.7. The summed E-state index contributed by atoms with van der Waals surface area (Å²) in [6.07, 6.45) is 7.78. The van der Waals surface area contributed by atoms with Gasteiger partial charge in [0.15, 0.2) is 17.3 Å². The number of hydrogen-bond donors (Lipinski definition) is 1. The number of ether oxygens (including phenoxy) is 1. The Hall–Kier alpha value is -2.67. The van der Waals surface area contributed by atoms with Gasteiger partial charge in [-0.25, -0.2) is 4.98 Å². The summed E-state index contributed by atoms with van der Waals surface area (Å²) < 4.78 is 12.3. The average molecular weight is 525 g/mol. The molecule has 6 rings (SSSR count). The minimum absolute atomic E-state index is 0.0278. The zero-order valence-electron chi connectivity index (χ0n) is 20.5. The number of fused-ring (bicyclic) bond motifs is 4. The molecule has 1 unspecified atom stereocenters. The number of rotatable bonds is 4. The van der Waals surface area contributed by atoms with Crippen LogP contribution in [0, 0.1) is 11.3 Å². The molecule has 0 amide bonds. The van der Waals surface area contributed by atoms with Crippen LogP contribution in [0.4, 0.5) is 5.00 Å². The van der Waals surface area contributed by atoms with Crippen molar-refractivity contribution in [1.82, 2.24) is 20.0 Å². The molecular formula is C26H29ClN6O2S. The molecule has 1 fully saturated rings. The molecule has 1 spiro atoms. The summed E-state index contributed by atoms with van der Waals surface area (Å²) in [7, 11) is 2.13. The second kappa shape index (κ2) is 9.02. The monoisotopic (exact) mass is 524 g/mol. The number of thiophene rings is 1. The number of nitrogens with two attached hydrogens (primary N) is 1. The number of anilines is 1. The highest BCUT2D eigenvalue weighted by molar-refractivity contribution is 7.16. The second-order valence-electron chi connectivity index (χ2n) is 10.2. The Bertz CT molecular complexity index is 1360. The van der Waals surface area contributed by atoms with Crippen molar-refractivity contribution in [2.24, 2.45) is 0 Å². The van der Waals surface area contributed by atoms with E-state index in [1.807, 2.05) is 0 Å². The van der Waals surface area contributed by atoms with E-state index in [0.29, 0.717) is 39.2 Å². The van der Waals surface area contributed by atoms with Crippen LogP contribution in [0.1, 0.15) is 72.8 Å². The molecule has 0 aromatic carbocycles. The van der Waals surface area contributed by atoms with Crippen LogP contribution in [0.25, 0.3) is 11.5 Å². The third kappa shape index (κ3) is 3.69. The first-order chi connectivity index (χ1) is 17.4. The van der Waals surface area contributed by atoms with Crippen molar-refractivity contribution in [3.8, 4) is 23.5 Å². The van der Waals surface area contributed by atoms with Gasteiger partial charge in [-0.2, -0.15) is 10.2 Å². The largest absolute Gasteiger partial charge is 0.473 e. The lowest BCUT2D eigenvalue weighted by molar-refractivity contribution is 0.117. The molecule has 36 heavy (non-hydrogen) atoms. The number of nitrogens with zero attached hydrogens (tertiary/aromatic N) is 5. The van der Waals surface area contributed by atoms with Crippen molar-refractivity contribution in [2.45, 2.75) is 75.9 Å². The topological polar surface area (TPSA) is 114 Å². The lowest BCUT2D eigenvalue weighted by Crippen LogP contribution is -2.38. The van der Waals surface area contributed by atoms with E-state index >= 15 is 0 Å². The number of nitrogen functional groups attached to an aromatic ring is 1. The van der Waals surface area contributed by atoms with E-state index in [2.05, 4.69) is 35.1 Å². The Morgan fingerprint density at radius 3 is 2.86 bits per heavy atom. The first-order valence-electron chi connectivity index (χ1n) is 12.6.